The molecule has 2 unspecified atom stereocenters. The van der Waals surface area contributed by atoms with Gasteiger partial charge in [-0.05, 0) is 30.0 Å². The average Bonchev–Trinajstić information content (AvgIpc) is 2.85. The molecule has 0 heterocycles. The zero-order chi connectivity index (χ0) is 25.8. The van der Waals surface area contributed by atoms with Gasteiger partial charge in [0.05, 0.1) is 20.8 Å². The minimum Gasteiger partial charge on any atom is -0.497 e. The van der Waals surface area contributed by atoms with Crippen molar-refractivity contribution in [3.8, 4) is 11.5 Å². The summed E-state index contributed by atoms with van der Waals surface area (Å²) >= 11 is 0. The van der Waals surface area contributed by atoms with E-state index in [0.717, 1.165) is 5.56 Å². The zero-order valence-electron chi connectivity index (χ0n) is 20.4. The first-order valence-corrected chi connectivity index (χ1v) is 11.2. The van der Waals surface area contributed by atoms with Crippen LogP contribution < -0.4 is 25.6 Å². The van der Waals surface area contributed by atoms with Crippen LogP contribution in [0.5, 0.6) is 11.5 Å². The molecule has 0 aromatic heterocycles. The van der Waals surface area contributed by atoms with Crippen LogP contribution in [0.4, 0.5) is 0 Å². The predicted molar refractivity (Wildman–Crippen MR) is 129 cm³/mol. The summed E-state index contributed by atoms with van der Waals surface area (Å²) in [5, 5.41) is 14.4. The van der Waals surface area contributed by atoms with Crippen LogP contribution in [0.1, 0.15) is 31.4 Å². The number of amides is 2. The number of nitrogens with one attached hydrogen (secondary N) is 3. The second kappa shape index (κ2) is 13.9. The Hall–Kier alpha value is -3.63. The van der Waals surface area contributed by atoms with Crippen LogP contribution in [0.2, 0.25) is 0 Å². The van der Waals surface area contributed by atoms with Gasteiger partial charge < -0.3 is 25.2 Å². The average molecular weight is 488 g/mol. The van der Waals surface area contributed by atoms with Crippen molar-refractivity contribution < 1.29 is 33.8 Å². The quantitative estimate of drug-likeness (QED) is 0.235. The smallest absolute Gasteiger partial charge is 0.336 e. The Morgan fingerprint density at radius 2 is 1.69 bits per heavy atom. The molecule has 0 aliphatic carbocycles. The van der Waals surface area contributed by atoms with E-state index in [0.29, 0.717) is 23.5 Å². The molecule has 0 saturated heterocycles. The van der Waals surface area contributed by atoms with Gasteiger partial charge in [-0.15, -0.1) is 0 Å². The number of carbonyl (C=O) groups is 3. The van der Waals surface area contributed by atoms with Crippen molar-refractivity contribution in [1.82, 2.24) is 16.1 Å². The maximum absolute atomic E-state index is 12.9. The van der Waals surface area contributed by atoms with Crippen LogP contribution in [-0.2, 0) is 32.4 Å². The molecule has 2 rings (SSSR count). The number of aliphatic carboxylic acids is 1. The van der Waals surface area contributed by atoms with Gasteiger partial charge in [0.25, 0.3) is 5.91 Å². The summed E-state index contributed by atoms with van der Waals surface area (Å²) in [4.78, 5) is 42.7. The van der Waals surface area contributed by atoms with Crippen molar-refractivity contribution in [2.75, 3.05) is 14.2 Å². The Labute approximate surface area is 204 Å². The van der Waals surface area contributed by atoms with E-state index in [-0.39, 0.29) is 19.1 Å². The van der Waals surface area contributed by atoms with Gasteiger partial charge in [-0.25, -0.2) is 4.79 Å². The highest BCUT2D eigenvalue weighted by Gasteiger charge is 2.31. The Morgan fingerprint density at radius 1 is 0.971 bits per heavy atom. The molecule has 2 atom stereocenters. The molecule has 0 fully saturated rings. The monoisotopic (exact) mass is 487 g/mol. The molecular formula is C25H33N3O7. The van der Waals surface area contributed by atoms with Crippen molar-refractivity contribution in [1.29, 1.82) is 0 Å². The number of hydrogen-bond acceptors (Lipinski definition) is 7. The highest BCUT2D eigenvalue weighted by molar-refractivity contribution is 6.04. The van der Waals surface area contributed by atoms with Crippen LogP contribution in [0.3, 0.4) is 0 Å². The summed E-state index contributed by atoms with van der Waals surface area (Å²) in [5.41, 5.74) is 4.22. The molecule has 0 bridgehead atoms. The third kappa shape index (κ3) is 8.91. The first-order valence-electron chi connectivity index (χ1n) is 11.2. The van der Waals surface area contributed by atoms with Crippen molar-refractivity contribution in [3.05, 3.63) is 59.7 Å². The van der Waals surface area contributed by atoms with Gasteiger partial charge in [0, 0.05) is 18.2 Å². The van der Waals surface area contributed by atoms with Crippen LogP contribution >= 0.6 is 0 Å². The molecule has 2 aromatic rings. The van der Waals surface area contributed by atoms with Gasteiger partial charge in [0.15, 0.2) is 0 Å². The third-order valence-corrected chi connectivity index (χ3v) is 5.07. The summed E-state index contributed by atoms with van der Waals surface area (Å²) in [6.45, 7) is 4.06. The van der Waals surface area contributed by atoms with Crippen molar-refractivity contribution in [3.63, 3.8) is 0 Å². The molecule has 35 heavy (non-hydrogen) atoms. The first-order chi connectivity index (χ1) is 16.7. The lowest BCUT2D eigenvalue weighted by Crippen LogP contribution is -2.56. The molecule has 4 N–H and O–H groups in total. The highest BCUT2D eigenvalue weighted by atomic mass is 16.6. The van der Waals surface area contributed by atoms with Crippen LogP contribution in [0, 0.1) is 5.92 Å². The number of carboxylic acids is 1. The largest absolute Gasteiger partial charge is 0.497 e. The molecule has 0 aliphatic heterocycles. The molecule has 2 aromatic carbocycles. The molecule has 190 valence electrons. The summed E-state index contributed by atoms with van der Waals surface area (Å²) < 4.78 is 10.4. The fourth-order valence-corrected chi connectivity index (χ4v) is 3.24. The summed E-state index contributed by atoms with van der Waals surface area (Å²) in [6.07, 6.45) is 0.373. The van der Waals surface area contributed by atoms with Crippen molar-refractivity contribution in [2.45, 2.75) is 45.5 Å². The number of hydrogen-bond donors (Lipinski definition) is 4. The van der Waals surface area contributed by atoms with E-state index in [9.17, 15) is 19.5 Å². The number of methoxy groups -OCH3 is 2. The maximum atomic E-state index is 12.9. The fraction of sp³-hybridized carbons (Fsp3) is 0.400. The van der Waals surface area contributed by atoms with Crippen LogP contribution in [0.25, 0.3) is 0 Å². The standard InChI is InChI=1S/C25H33N3O7/c1-16(2)12-20(28-35-15-17-8-6-5-7-9-17)23(29)27-22(25(31)32)24(30)26-14-18-10-11-19(33-3)13-21(18)34-4/h5-11,13,16,20,22,28H,12,14-15H2,1-4H3,(H,26,30)(H,27,29)(H,31,32). The Morgan fingerprint density at radius 3 is 2.29 bits per heavy atom. The predicted octanol–water partition coefficient (Wildman–Crippen LogP) is 2.03. The highest BCUT2D eigenvalue weighted by Crippen LogP contribution is 2.24. The molecule has 0 aliphatic rings. The first kappa shape index (κ1) is 27.6. The topological polar surface area (TPSA) is 135 Å². The van der Waals surface area contributed by atoms with E-state index < -0.39 is 29.9 Å². The van der Waals surface area contributed by atoms with Crippen LogP contribution in [0.15, 0.2) is 48.5 Å². The lowest BCUT2D eigenvalue weighted by molar-refractivity contribution is -0.147. The van der Waals surface area contributed by atoms with E-state index in [1.807, 2.05) is 44.2 Å². The fourth-order valence-electron chi connectivity index (χ4n) is 3.24. The molecule has 0 radical (unpaired) electrons. The Kier molecular flexibility index (Phi) is 11.0. The zero-order valence-corrected chi connectivity index (χ0v) is 20.4. The van der Waals surface area contributed by atoms with Gasteiger partial charge in [0.2, 0.25) is 11.9 Å². The minimum atomic E-state index is -1.78. The Bertz CT molecular complexity index is 982. The van der Waals surface area contributed by atoms with Gasteiger partial charge >= 0.3 is 5.97 Å². The lowest BCUT2D eigenvalue weighted by Gasteiger charge is -2.22. The van der Waals surface area contributed by atoms with E-state index in [1.165, 1.54) is 14.2 Å². The van der Waals surface area contributed by atoms with Gasteiger partial charge in [-0.2, -0.15) is 5.48 Å². The van der Waals surface area contributed by atoms with Crippen LogP contribution in [-0.4, -0.2) is 49.2 Å². The number of carbonyl (C=O) groups excluding carboxylic acids is 2. The Balaban J connectivity index is 2.01. The van der Waals surface area contributed by atoms with E-state index in [2.05, 4.69) is 16.1 Å². The van der Waals surface area contributed by atoms with E-state index in [1.54, 1.807) is 18.2 Å². The number of carboxylic acid groups (broad SMARTS) is 1. The SMILES string of the molecule is COc1ccc(CNC(=O)C(NC(=O)C(CC(C)C)NOCc2ccccc2)C(=O)O)c(OC)c1. The van der Waals surface area contributed by atoms with Gasteiger partial charge in [0.1, 0.15) is 17.5 Å². The second-order valence-corrected chi connectivity index (χ2v) is 8.25. The molecule has 10 nitrogen and oxygen atoms in total. The second-order valence-electron chi connectivity index (χ2n) is 8.25. The minimum absolute atomic E-state index is 0.000485. The van der Waals surface area contributed by atoms with E-state index in [4.69, 9.17) is 14.3 Å². The van der Waals surface area contributed by atoms with Crippen molar-refractivity contribution in [2.24, 2.45) is 5.92 Å². The molecule has 10 heteroatoms. The number of benzene rings is 2. The number of hydroxylamine groups is 1. The maximum Gasteiger partial charge on any atom is 0.336 e. The molecule has 2 amide bonds. The van der Waals surface area contributed by atoms with Gasteiger partial charge in [-0.3, -0.25) is 14.4 Å². The molecule has 0 saturated carbocycles. The number of ether oxygens (including phenoxy) is 2. The lowest BCUT2D eigenvalue weighted by atomic mass is 10.0. The normalized spacial score (nSPS) is 12.5. The number of rotatable bonds is 14. The summed E-state index contributed by atoms with van der Waals surface area (Å²) in [6, 6.07) is 11.8. The van der Waals surface area contributed by atoms with Crippen molar-refractivity contribution >= 4 is 17.8 Å². The summed E-state index contributed by atoms with van der Waals surface area (Å²) in [7, 11) is 2.99. The summed E-state index contributed by atoms with van der Waals surface area (Å²) in [5.74, 6) is -1.85. The molecular weight excluding hydrogens is 454 g/mol. The van der Waals surface area contributed by atoms with E-state index >= 15 is 0 Å². The third-order valence-electron chi connectivity index (χ3n) is 5.07. The molecule has 0 spiro atoms. The van der Waals surface area contributed by atoms with Gasteiger partial charge in [-0.1, -0.05) is 44.2 Å².